The highest BCUT2D eigenvalue weighted by Gasteiger charge is 2.43. The summed E-state index contributed by atoms with van der Waals surface area (Å²) in [6, 6.07) is 0. The fraction of sp³-hybridized carbons (Fsp3) is 0.667. The first-order chi connectivity index (χ1) is 7.24. The average Bonchev–Trinajstić information content (AvgIpc) is 2.71. The standard InChI is InChI=1S/C9H18N2O3Si.ClH/c1-5-6-9-10-7-8-11(9)15(12-2,13-3)14-4;/h7-8H,5-6H2,1-4H3;1H. The van der Waals surface area contributed by atoms with E-state index in [1.807, 2.05) is 10.4 Å². The van der Waals surface area contributed by atoms with Gasteiger partial charge in [-0.2, -0.15) is 0 Å². The number of hydrogen-bond donors (Lipinski definition) is 0. The molecular weight excluding hydrogens is 248 g/mol. The Bertz CT molecular complexity index is 296. The van der Waals surface area contributed by atoms with Crippen LogP contribution in [0.15, 0.2) is 12.4 Å². The van der Waals surface area contributed by atoms with Crippen LogP contribution in [-0.2, 0) is 19.7 Å². The van der Waals surface area contributed by atoms with Crippen LogP contribution >= 0.6 is 12.4 Å². The molecule has 1 rings (SSSR count). The van der Waals surface area contributed by atoms with E-state index < -0.39 is 8.97 Å². The van der Waals surface area contributed by atoms with Crippen LogP contribution in [0.25, 0.3) is 0 Å². The minimum Gasteiger partial charge on any atom is -0.360 e. The van der Waals surface area contributed by atoms with E-state index in [1.165, 1.54) is 0 Å². The summed E-state index contributed by atoms with van der Waals surface area (Å²) >= 11 is 0. The largest absolute Gasteiger partial charge is 0.638 e. The maximum atomic E-state index is 5.39. The molecule has 0 fully saturated rings. The molecule has 1 aromatic rings. The van der Waals surface area contributed by atoms with Crippen molar-refractivity contribution in [3.05, 3.63) is 18.2 Å². The van der Waals surface area contributed by atoms with Gasteiger partial charge in [0.1, 0.15) is 5.82 Å². The minimum absolute atomic E-state index is 0. The van der Waals surface area contributed by atoms with E-state index in [4.69, 9.17) is 13.3 Å². The number of rotatable bonds is 6. The third-order valence-electron chi connectivity index (χ3n) is 2.26. The monoisotopic (exact) mass is 266 g/mol. The summed E-state index contributed by atoms with van der Waals surface area (Å²) in [4.78, 5) is 4.27. The van der Waals surface area contributed by atoms with Gasteiger partial charge in [0.2, 0.25) is 0 Å². The van der Waals surface area contributed by atoms with Crippen LogP contribution < -0.4 is 0 Å². The second-order valence-corrected chi connectivity index (χ2v) is 5.85. The Morgan fingerprint density at radius 2 is 1.81 bits per heavy atom. The minimum atomic E-state index is -2.77. The first kappa shape index (κ1) is 15.6. The van der Waals surface area contributed by atoms with Crippen LogP contribution in [0.2, 0.25) is 0 Å². The maximum absolute atomic E-state index is 5.39. The molecule has 7 heteroatoms. The molecule has 0 amide bonds. The molecule has 0 aliphatic heterocycles. The van der Waals surface area contributed by atoms with Crippen LogP contribution in [0.5, 0.6) is 0 Å². The zero-order valence-corrected chi connectivity index (χ0v) is 11.9. The molecule has 0 radical (unpaired) electrons. The molecular formula is C9H19ClN2O3Si. The van der Waals surface area contributed by atoms with Crippen LogP contribution in [0.1, 0.15) is 19.2 Å². The van der Waals surface area contributed by atoms with E-state index in [0.29, 0.717) is 0 Å². The molecule has 1 aromatic heterocycles. The van der Waals surface area contributed by atoms with Crippen molar-refractivity contribution in [2.24, 2.45) is 0 Å². The van der Waals surface area contributed by atoms with Gasteiger partial charge >= 0.3 is 8.97 Å². The Balaban J connectivity index is 0.00000225. The Hall–Kier alpha value is -0.403. The summed E-state index contributed by atoms with van der Waals surface area (Å²) in [7, 11) is 2.01. The molecule has 0 aliphatic carbocycles. The number of hydrogen-bond acceptors (Lipinski definition) is 4. The normalized spacial score (nSPS) is 11.2. The van der Waals surface area contributed by atoms with Crippen molar-refractivity contribution in [1.82, 2.24) is 9.22 Å². The van der Waals surface area contributed by atoms with Gasteiger partial charge in [-0.3, -0.25) is 4.23 Å². The van der Waals surface area contributed by atoms with Crippen LogP contribution in [0, 0.1) is 0 Å². The zero-order valence-electron chi connectivity index (χ0n) is 10.1. The van der Waals surface area contributed by atoms with Gasteiger partial charge in [-0.25, -0.2) is 4.98 Å². The molecule has 16 heavy (non-hydrogen) atoms. The molecule has 1 heterocycles. The third-order valence-corrected chi connectivity index (χ3v) is 4.80. The summed E-state index contributed by atoms with van der Waals surface area (Å²) in [6.07, 6.45) is 5.49. The lowest BCUT2D eigenvalue weighted by Crippen LogP contribution is -2.51. The SMILES string of the molecule is CCCc1nccn1[Si](OC)(OC)OC.Cl. The van der Waals surface area contributed by atoms with Crippen LogP contribution in [-0.4, -0.2) is 39.5 Å². The predicted molar refractivity (Wildman–Crippen MR) is 65.6 cm³/mol. The molecule has 0 aliphatic rings. The van der Waals surface area contributed by atoms with E-state index in [0.717, 1.165) is 18.7 Å². The maximum Gasteiger partial charge on any atom is 0.638 e. The summed E-state index contributed by atoms with van der Waals surface area (Å²) < 4.78 is 18.0. The van der Waals surface area contributed by atoms with Gasteiger partial charge in [-0.1, -0.05) is 6.92 Å². The molecule has 0 atom stereocenters. The highest BCUT2D eigenvalue weighted by molar-refractivity contribution is 6.58. The Morgan fingerprint density at radius 1 is 1.25 bits per heavy atom. The fourth-order valence-electron chi connectivity index (χ4n) is 1.54. The number of aromatic nitrogens is 2. The molecule has 0 aromatic carbocycles. The number of imidazole rings is 1. The molecule has 0 saturated carbocycles. The predicted octanol–water partition coefficient (Wildman–Crippen LogP) is 1.48. The van der Waals surface area contributed by atoms with Crippen molar-refractivity contribution >= 4 is 21.4 Å². The second-order valence-electron chi connectivity index (χ2n) is 3.10. The third kappa shape index (κ3) is 2.83. The molecule has 0 unspecified atom stereocenters. The topological polar surface area (TPSA) is 45.5 Å². The first-order valence-electron chi connectivity index (χ1n) is 4.92. The molecule has 94 valence electrons. The van der Waals surface area contributed by atoms with Gasteiger partial charge in [-0.15, -0.1) is 12.4 Å². The summed E-state index contributed by atoms with van der Waals surface area (Å²) in [5, 5.41) is 0. The first-order valence-corrected chi connectivity index (χ1v) is 6.59. The lowest BCUT2D eigenvalue weighted by Gasteiger charge is -2.25. The molecule has 0 spiro atoms. The quantitative estimate of drug-likeness (QED) is 0.732. The van der Waals surface area contributed by atoms with E-state index in [1.54, 1.807) is 27.5 Å². The number of aryl methyl sites for hydroxylation is 1. The van der Waals surface area contributed by atoms with Crippen molar-refractivity contribution < 1.29 is 13.3 Å². The van der Waals surface area contributed by atoms with E-state index in [9.17, 15) is 0 Å². The van der Waals surface area contributed by atoms with Crippen molar-refractivity contribution in [3.63, 3.8) is 0 Å². The van der Waals surface area contributed by atoms with Gasteiger partial charge in [0, 0.05) is 40.1 Å². The average molecular weight is 267 g/mol. The van der Waals surface area contributed by atoms with Gasteiger partial charge in [0.25, 0.3) is 0 Å². The highest BCUT2D eigenvalue weighted by Crippen LogP contribution is 2.13. The Kier molecular flexibility index (Phi) is 6.85. The van der Waals surface area contributed by atoms with Crippen molar-refractivity contribution in [1.29, 1.82) is 0 Å². The van der Waals surface area contributed by atoms with Gasteiger partial charge < -0.3 is 13.3 Å². The van der Waals surface area contributed by atoms with E-state index >= 15 is 0 Å². The number of halogens is 1. The smallest absolute Gasteiger partial charge is 0.360 e. The van der Waals surface area contributed by atoms with Crippen molar-refractivity contribution in [2.45, 2.75) is 19.8 Å². The molecule has 0 saturated heterocycles. The second kappa shape index (κ2) is 7.03. The van der Waals surface area contributed by atoms with E-state index in [-0.39, 0.29) is 12.4 Å². The zero-order chi connectivity index (χ0) is 11.3. The molecule has 5 nitrogen and oxygen atoms in total. The van der Waals surface area contributed by atoms with Gasteiger partial charge in [0.05, 0.1) is 0 Å². The van der Waals surface area contributed by atoms with Crippen molar-refractivity contribution in [3.8, 4) is 0 Å². The summed E-state index contributed by atoms with van der Waals surface area (Å²) in [5.41, 5.74) is 0. The Labute approximate surface area is 104 Å². The van der Waals surface area contributed by atoms with Crippen molar-refractivity contribution in [2.75, 3.05) is 21.3 Å². The lowest BCUT2D eigenvalue weighted by atomic mass is 10.3. The molecule has 0 N–H and O–H groups in total. The lowest BCUT2D eigenvalue weighted by molar-refractivity contribution is 0.111. The summed E-state index contributed by atoms with van der Waals surface area (Å²) in [5.74, 6) is 0.940. The van der Waals surface area contributed by atoms with Crippen LogP contribution in [0.4, 0.5) is 0 Å². The van der Waals surface area contributed by atoms with Crippen LogP contribution in [0.3, 0.4) is 0 Å². The summed E-state index contributed by atoms with van der Waals surface area (Å²) in [6.45, 7) is 2.11. The Morgan fingerprint density at radius 3 is 2.25 bits per heavy atom. The van der Waals surface area contributed by atoms with E-state index in [2.05, 4.69) is 11.9 Å². The molecule has 0 bridgehead atoms. The van der Waals surface area contributed by atoms with Gasteiger partial charge in [-0.05, 0) is 6.42 Å². The fourth-order valence-corrected chi connectivity index (χ4v) is 3.36. The van der Waals surface area contributed by atoms with Gasteiger partial charge in [0.15, 0.2) is 0 Å². The number of nitrogens with zero attached hydrogens (tertiary/aromatic N) is 2. The highest BCUT2D eigenvalue weighted by atomic mass is 35.5.